The van der Waals surface area contributed by atoms with Gasteiger partial charge in [-0.05, 0) is 26.0 Å². The first kappa shape index (κ1) is 17.0. The number of ether oxygens (including phenoxy) is 2. The first-order chi connectivity index (χ1) is 10.9. The molecule has 1 aliphatic heterocycles. The minimum absolute atomic E-state index is 0.00461. The minimum atomic E-state index is -1.09. The summed E-state index contributed by atoms with van der Waals surface area (Å²) in [5.41, 5.74) is 0.500. The average molecular weight is 321 g/mol. The number of hydrogen-bond donors (Lipinski definition) is 1. The lowest BCUT2D eigenvalue weighted by Crippen LogP contribution is -2.51. The molecule has 1 aromatic carbocycles. The van der Waals surface area contributed by atoms with Crippen LogP contribution in [0, 0.1) is 0 Å². The van der Waals surface area contributed by atoms with E-state index in [1.165, 1.54) is 11.8 Å². The number of carboxylic acid groups (broad SMARTS) is 1. The smallest absolute Gasteiger partial charge is 0.334 e. The summed E-state index contributed by atoms with van der Waals surface area (Å²) in [6.45, 7) is 3.54. The van der Waals surface area contributed by atoms with Gasteiger partial charge >= 0.3 is 5.97 Å². The Morgan fingerprint density at radius 1 is 1.39 bits per heavy atom. The third-order valence-electron chi connectivity index (χ3n) is 3.55. The average Bonchev–Trinajstić information content (AvgIpc) is 2.54. The largest absolute Gasteiger partial charge is 0.481 e. The molecule has 1 aromatic rings. The maximum absolute atomic E-state index is 12.4. The molecule has 1 heterocycles. The van der Waals surface area contributed by atoms with Gasteiger partial charge in [-0.15, -0.1) is 0 Å². The van der Waals surface area contributed by atoms with Crippen LogP contribution in [-0.2, 0) is 14.3 Å². The molecule has 23 heavy (non-hydrogen) atoms. The summed E-state index contributed by atoms with van der Waals surface area (Å²) in [7, 11) is 0. The maximum atomic E-state index is 12.4. The van der Waals surface area contributed by atoms with Crippen molar-refractivity contribution >= 4 is 17.7 Å². The fourth-order valence-corrected chi connectivity index (χ4v) is 2.30. The van der Waals surface area contributed by atoms with Crippen LogP contribution in [0.15, 0.2) is 24.3 Å². The molecule has 2 unspecified atom stereocenters. The number of carbonyl (C=O) groups excluding carboxylic acids is 2. The Bertz CT molecular complexity index is 614. The van der Waals surface area contributed by atoms with Gasteiger partial charge < -0.3 is 19.5 Å². The molecule has 0 spiro atoms. The summed E-state index contributed by atoms with van der Waals surface area (Å²) in [6, 6.07) is 6.58. The molecule has 1 N–H and O–H groups in total. The van der Waals surface area contributed by atoms with Gasteiger partial charge in [0.2, 0.25) is 0 Å². The van der Waals surface area contributed by atoms with Crippen molar-refractivity contribution in [2.75, 3.05) is 19.7 Å². The van der Waals surface area contributed by atoms with Crippen LogP contribution >= 0.6 is 0 Å². The molecule has 0 aromatic heterocycles. The normalized spacial score (nSPS) is 19.0. The number of amides is 1. The molecule has 2 rings (SSSR count). The predicted molar refractivity (Wildman–Crippen MR) is 80.5 cm³/mol. The highest BCUT2D eigenvalue weighted by Gasteiger charge is 2.31. The fourth-order valence-electron chi connectivity index (χ4n) is 2.30. The molecule has 7 heteroatoms. The second-order valence-corrected chi connectivity index (χ2v) is 5.33. The van der Waals surface area contributed by atoms with Crippen LogP contribution in [0.3, 0.4) is 0 Å². The topological polar surface area (TPSA) is 93.1 Å². The first-order valence-corrected chi connectivity index (χ1v) is 7.29. The van der Waals surface area contributed by atoms with Crippen molar-refractivity contribution in [3.63, 3.8) is 0 Å². The third kappa shape index (κ3) is 4.29. The van der Waals surface area contributed by atoms with Crippen molar-refractivity contribution in [3.05, 3.63) is 29.8 Å². The number of morpholine rings is 1. The second kappa shape index (κ2) is 7.23. The molecule has 0 radical (unpaired) electrons. The van der Waals surface area contributed by atoms with Crippen LogP contribution in [0.5, 0.6) is 5.75 Å². The van der Waals surface area contributed by atoms with Gasteiger partial charge in [0, 0.05) is 12.1 Å². The number of aliphatic carboxylic acids is 1. The number of benzene rings is 1. The van der Waals surface area contributed by atoms with Gasteiger partial charge in [0.25, 0.3) is 5.91 Å². The molecule has 1 aliphatic rings. The first-order valence-electron chi connectivity index (χ1n) is 7.29. The highest BCUT2D eigenvalue weighted by Crippen LogP contribution is 2.17. The zero-order valence-corrected chi connectivity index (χ0v) is 13.0. The third-order valence-corrected chi connectivity index (χ3v) is 3.55. The lowest BCUT2D eigenvalue weighted by molar-refractivity contribution is -0.161. The molecule has 2 atom stereocenters. The van der Waals surface area contributed by atoms with Crippen molar-refractivity contribution < 1.29 is 29.0 Å². The zero-order chi connectivity index (χ0) is 17.0. The van der Waals surface area contributed by atoms with Gasteiger partial charge in [-0.2, -0.15) is 0 Å². The number of Topliss-reactive ketones (excluding diaryl/α,β-unsaturated/α-hetero) is 1. The number of ketones is 1. The summed E-state index contributed by atoms with van der Waals surface area (Å²) in [4.78, 5) is 36.1. The Morgan fingerprint density at radius 2 is 2.13 bits per heavy atom. The zero-order valence-electron chi connectivity index (χ0n) is 13.0. The van der Waals surface area contributed by atoms with Crippen molar-refractivity contribution in [1.29, 1.82) is 0 Å². The lowest BCUT2D eigenvalue weighted by Gasteiger charge is -2.32. The standard InChI is InChI=1S/C16H19NO6/c1-10(18)12-4-3-5-13(8-12)23-11(2)15(19)17-6-7-22-14(9-17)16(20)21/h3-5,8,11,14H,6-7,9H2,1-2H3,(H,20,21). The van der Waals surface area contributed by atoms with Crippen molar-refractivity contribution in [3.8, 4) is 5.75 Å². The van der Waals surface area contributed by atoms with Gasteiger partial charge in [-0.25, -0.2) is 4.79 Å². The molecule has 1 amide bonds. The Labute approximate surface area is 133 Å². The predicted octanol–water partition coefficient (Wildman–Crippen LogP) is 0.968. The number of hydrogen-bond acceptors (Lipinski definition) is 5. The quantitative estimate of drug-likeness (QED) is 0.812. The summed E-state index contributed by atoms with van der Waals surface area (Å²) in [5.74, 6) is -1.08. The van der Waals surface area contributed by atoms with E-state index < -0.39 is 18.2 Å². The van der Waals surface area contributed by atoms with E-state index in [-0.39, 0.29) is 24.8 Å². The minimum Gasteiger partial charge on any atom is -0.481 e. The SMILES string of the molecule is CC(=O)c1cccc(OC(C)C(=O)N2CCOC(C(=O)O)C2)c1. The number of rotatable bonds is 5. The van der Waals surface area contributed by atoms with E-state index in [2.05, 4.69) is 0 Å². The summed E-state index contributed by atoms with van der Waals surface area (Å²) >= 11 is 0. The maximum Gasteiger partial charge on any atom is 0.334 e. The van der Waals surface area contributed by atoms with Gasteiger partial charge in [-0.3, -0.25) is 9.59 Å². The van der Waals surface area contributed by atoms with E-state index in [1.54, 1.807) is 31.2 Å². The van der Waals surface area contributed by atoms with Crippen molar-refractivity contribution in [2.24, 2.45) is 0 Å². The Balaban J connectivity index is 2.01. The monoisotopic (exact) mass is 321 g/mol. The molecule has 1 fully saturated rings. The Kier molecular flexibility index (Phi) is 5.33. The van der Waals surface area contributed by atoms with Crippen LogP contribution in [0.2, 0.25) is 0 Å². The van der Waals surface area contributed by atoms with E-state index in [9.17, 15) is 14.4 Å². The van der Waals surface area contributed by atoms with E-state index in [4.69, 9.17) is 14.6 Å². The van der Waals surface area contributed by atoms with E-state index in [0.717, 1.165) is 0 Å². The second-order valence-electron chi connectivity index (χ2n) is 5.33. The number of carbonyl (C=O) groups is 3. The lowest BCUT2D eigenvalue weighted by atomic mass is 10.1. The molecule has 1 saturated heterocycles. The van der Waals surface area contributed by atoms with Crippen LogP contribution in [-0.4, -0.2) is 59.6 Å². The molecule has 7 nitrogen and oxygen atoms in total. The van der Waals surface area contributed by atoms with Crippen molar-refractivity contribution in [2.45, 2.75) is 26.1 Å². The fraction of sp³-hybridized carbons (Fsp3) is 0.438. The van der Waals surface area contributed by atoms with Gasteiger partial charge in [-0.1, -0.05) is 12.1 Å². The van der Waals surface area contributed by atoms with Crippen LogP contribution in [0.25, 0.3) is 0 Å². The summed E-state index contributed by atoms with van der Waals surface area (Å²) in [5, 5.41) is 8.97. The van der Waals surface area contributed by atoms with E-state index in [1.807, 2.05) is 0 Å². The number of carboxylic acids is 1. The van der Waals surface area contributed by atoms with Crippen LogP contribution < -0.4 is 4.74 Å². The van der Waals surface area contributed by atoms with Gasteiger partial charge in [0.1, 0.15) is 5.75 Å². The molecule has 0 aliphatic carbocycles. The Morgan fingerprint density at radius 3 is 2.78 bits per heavy atom. The summed E-state index contributed by atoms with van der Waals surface area (Å²) < 4.78 is 10.7. The van der Waals surface area contributed by atoms with E-state index >= 15 is 0 Å². The summed E-state index contributed by atoms with van der Waals surface area (Å²) in [6.07, 6.45) is -1.80. The number of nitrogens with zero attached hydrogens (tertiary/aromatic N) is 1. The highest BCUT2D eigenvalue weighted by atomic mass is 16.5. The molecule has 124 valence electrons. The Hall–Kier alpha value is -2.41. The van der Waals surface area contributed by atoms with Crippen LogP contribution in [0.4, 0.5) is 0 Å². The van der Waals surface area contributed by atoms with Crippen LogP contribution in [0.1, 0.15) is 24.2 Å². The van der Waals surface area contributed by atoms with Gasteiger partial charge in [0.15, 0.2) is 18.0 Å². The molecular weight excluding hydrogens is 302 g/mol. The molecule has 0 bridgehead atoms. The molecule has 0 saturated carbocycles. The highest BCUT2D eigenvalue weighted by molar-refractivity contribution is 5.94. The van der Waals surface area contributed by atoms with Crippen molar-refractivity contribution in [1.82, 2.24) is 4.90 Å². The molecular formula is C16H19NO6. The van der Waals surface area contributed by atoms with E-state index in [0.29, 0.717) is 17.9 Å². The van der Waals surface area contributed by atoms with Gasteiger partial charge in [0.05, 0.1) is 13.2 Å².